The fourth-order valence-electron chi connectivity index (χ4n) is 3.59. The van der Waals surface area contributed by atoms with Crippen molar-refractivity contribution in [1.29, 1.82) is 0 Å². The van der Waals surface area contributed by atoms with Crippen molar-refractivity contribution >= 4 is 17.9 Å². The topological polar surface area (TPSA) is 78.9 Å². The minimum Gasteiger partial charge on any atom is -0.466 e. The quantitative estimate of drug-likeness (QED) is 0.118. The zero-order valence-corrected chi connectivity index (χ0v) is 21.3. The predicted molar refractivity (Wildman–Crippen MR) is 134 cm³/mol. The van der Waals surface area contributed by atoms with Gasteiger partial charge in [-0.2, -0.15) is 0 Å². The van der Waals surface area contributed by atoms with Crippen LogP contribution in [0, 0.1) is 6.92 Å². The van der Waals surface area contributed by atoms with Gasteiger partial charge >= 0.3 is 17.9 Å². The minimum atomic E-state index is -0.278. The van der Waals surface area contributed by atoms with Crippen molar-refractivity contribution in [3.63, 3.8) is 0 Å². The van der Waals surface area contributed by atoms with Gasteiger partial charge in [-0.1, -0.05) is 56.2 Å². The Labute approximate surface area is 205 Å². The number of ether oxygens (including phenoxy) is 3. The number of unbranched alkanes of at least 4 members (excludes halogenated alkanes) is 10. The third-order valence-corrected chi connectivity index (χ3v) is 5.64. The first-order valence-electron chi connectivity index (χ1n) is 13.1. The summed E-state index contributed by atoms with van der Waals surface area (Å²) in [6.45, 7) is 5.16. The highest BCUT2D eigenvalue weighted by atomic mass is 16.5. The molecule has 0 fully saturated rings. The summed E-state index contributed by atoms with van der Waals surface area (Å²) in [6.07, 6.45) is 13.1. The number of aryl methyl sites for hydroxylation is 1. The molecule has 0 radical (unpaired) electrons. The number of carbonyl (C=O) groups excluding carboxylic acids is 3. The van der Waals surface area contributed by atoms with Crippen LogP contribution >= 0.6 is 0 Å². The second kappa shape index (κ2) is 20.0. The molecule has 0 heterocycles. The van der Waals surface area contributed by atoms with Gasteiger partial charge in [0.25, 0.3) is 0 Å². The van der Waals surface area contributed by atoms with Crippen LogP contribution in [-0.2, 0) is 23.8 Å². The molecular weight excluding hydrogens is 432 g/mol. The Morgan fingerprint density at radius 3 is 1.56 bits per heavy atom. The number of hydrogen-bond acceptors (Lipinski definition) is 6. The first-order chi connectivity index (χ1) is 16.5. The van der Waals surface area contributed by atoms with Crippen LogP contribution in [0.15, 0.2) is 24.3 Å². The average Bonchev–Trinajstić information content (AvgIpc) is 2.82. The van der Waals surface area contributed by atoms with Crippen LogP contribution in [0.5, 0.6) is 0 Å². The molecular formula is C28H44O6. The SMILES string of the molecule is CCOC(=O)CCCCCCCCCCC(=O)OCCCCCCOC(=O)c1ccc(C)cc1. The Bertz CT molecular complexity index is 683. The smallest absolute Gasteiger partial charge is 0.338 e. The lowest BCUT2D eigenvalue weighted by Crippen LogP contribution is -2.07. The molecule has 0 saturated carbocycles. The summed E-state index contributed by atoms with van der Waals surface area (Å²) in [5.74, 6) is -0.475. The van der Waals surface area contributed by atoms with E-state index in [-0.39, 0.29) is 17.9 Å². The van der Waals surface area contributed by atoms with Crippen molar-refractivity contribution in [2.45, 2.75) is 104 Å². The summed E-state index contributed by atoms with van der Waals surface area (Å²) < 4.78 is 15.5. The van der Waals surface area contributed by atoms with Crippen molar-refractivity contribution in [2.24, 2.45) is 0 Å². The highest BCUT2D eigenvalue weighted by molar-refractivity contribution is 5.89. The van der Waals surface area contributed by atoms with Gasteiger partial charge in [-0.15, -0.1) is 0 Å². The fourth-order valence-corrected chi connectivity index (χ4v) is 3.59. The molecule has 192 valence electrons. The number of rotatable bonds is 20. The second-order valence-electron chi connectivity index (χ2n) is 8.77. The van der Waals surface area contributed by atoms with E-state index in [2.05, 4.69) is 0 Å². The number of hydrogen-bond donors (Lipinski definition) is 0. The molecule has 0 aromatic heterocycles. The maximum absolute atomic E-state index is 11.9. The lowest BCUT2D eigenvalue weighted by Gasteiger charge is -2.06. The standard InChI is InChI=1S/C28H44O6/c1-3-32-26(29)16-12-8-6-4-5-7-9-13-17-27(30)33-22-14-10-11-15-23-34-28(31)25-20-18-24(2)19-21-25/h18-21H,3-17,22-23H2,1-2H3. The van der Waals surface area contributed by atoms with E-state index in [1.54, 1.807) is 12.1 Å². The van der Waals surface area contributed by atoms with Gasteiger partial charge in [0.1, 0.15) is 0 Å². The fraction of sp³-hybridized carbons (Fsp3) is 0.679. The number of carbonyl (C=O) groups is 3. The van der Waals surface area contributed by atoms with E-state index in [4.69, 9.17) is 14.2 Å². The zero-order valence-electron chi connectivity index (χ0n) is 21.3. The maximum Gasteiger partial charge on any atom is 0.338 e. The monoisotopic (exact) mass is 476 g/mol. The van der Waals surface area contributed by atoms with E-state index in [0.717, 1.165) is 69.8 Å². The Morgan fingerprint density at radius 1 is 0.588 bits per heavy atom. The Kier molecular flexibility index (Phi) is 17.5. The Hall–Kier alpha value is -2.37. The third kappa shape index (κ3) is 16.3. The van der Waals surface area contributed by atoms with Crippen molar-refractivity contribution in [2.75, 3.05) is 19.8 Å². The lowest BCUT2D eigenvalue weighted by molar-refractivity contribution is -0.144. The zero-order chi connectivity index (χ0) is 24.9. The lowest BCUT2D eigenvalue weighted by atomic mass is 10.1. The van der Waals surface area contributed by atoms with Gasteiger partial charge in [0.05, 0.1) is 25.4 Å². The van der Waals surface area contributed by atoms with E-state index in [9.17, 15) is 14.4 Å². The van der Waals surface area contributed by atoms with Crippen LogP contribution in [0.1, 0.15) is 113 Å². The normalized spacial score (nSPS) is 10.6. The highest BCUT2D eigenvalue weighted by Crippen LogP contribution is 2.12. The predicted octanol–water partition coefficient (Wildman–Crippen LogP) is 6.72. The third-order valence-electron chi connectivity index (χ3n) is 5.64. The largest absolute Gasteiger partial charge is 0.466 e. The second-order valence-corrected chi connectivity index (χ2v) is 8.77. The molecule has 1 aromatic carbocycles. The van der Waals surface area contributed by atoms with Gasteiger partial charge in [-0.05, 0) is 64.5 Å². The number of benzene rings is 1. The first kappa shape index (κ1) is 29.7. The van der Waals surface area contributed by atoms with Crippen LogP contribution in [0.2, 0.25) is 0 Å². The molecule has 0 atom stereocenters. The Balaban J connectivity index is 1.83. The summed E-state index contributed by atoms with van der Waals surface area (Å²) in [6, 6.07) is 7.37. The molecule has 34 heavy (non-hydrogen) atoms. The molecule has 0 bridgehead atoms. The molecule has 6 heteroatoms. The maximum atomic E-state index is 11.9. The molecule has 1 aromatic rings. The molecule has 0 aliphatic carbocycles. The summed E-state index contributed by atoms with van der Waals surface area (Å²) in [5.41, 5.74) is 1.70. The summed E-state index contributed by atoms with van der Waals surface area (Å²) in [7, 11) is 0. The molecule has 0 unspecified atom stereocenters. The van der Waals surface area contributed by atoms with Crippen molar-refractivity contribution in [3.8, 4) is 0 Å². The van der Waals surface area contributed by atoms with Crippen LogP contribution in [0.4, 0.5) is 0 Å². The highest BCUT2D eigenvalue weighted by Gasteiger charge is 2.06. The molecule has 0 aliphatic rings. The molecule has 1 rings (SSSR count). The minimum absolute atomic E-state index is 0.0914. The summed E-state index contributed by atoms with van der Waals surface area (Å²) in [4.78, 5) is 34.9. The van der Waals surface area contributed by atoms with E-state index < -0.39 is 0 Å². The van der Waals surface area contributed by atoms with Crippen molar-refractivity contribution < 1.29 is 28.6 Å². The summed E-state index contributed by atoms with van der Waals surface area (Å²) in [5, 5.41) is 0. The number of esters is 3. The Morgan fingerprint density at radius 2 is 1.03 bits per heavy atom. The van der Waals surface area contributed by atoms with Gasteiger partial charge in [0, 0.05) is 12.8 Å². The van der Waals surface area contributed by atoms with Crippen LogP contribution in [-0.4, -0.2) is 37.7 Å². The van der Waals surface area contributed by atoms with Crippen molar-refractivity contribution in [1.82, 2.24) is 0 Å². The first-order valence-corrected chi connectivity index (χ1v) is 13.1. The van der Waals surface area contributed by atoms with Gasteiger partial charge in [-0.25, -0.2) is 4.79 Å². The van der Waals surface area contributed by atoms with Crippen molar-refractivity contribution in [3.05, 3.63) is 35.4 Å². The van der Waals surface area contributed by atoms with Gasteiger partial charge in [0.2, 0.25) is 0 Å². The molecule has 0 saturated heterocycles. The molecule has 0 amide bonds. The van der Waals surface area contributed by atoms with Crippen LogP contribution in [0.25, 0.3) is 0 Å². The average molecular weight is 477 g/mol. The molecule has 6 nitrogen and oxygen atoms in total. The van der Waals surface area contributed by atoms with Gasteiger partial charge in [-0.3, -0.25) is 9.59 Å². The van der Waals surface area contributed by atoms with E-state index in [0.29, 0.717) is 38.2 Å². The van der Waals surface area contributed by atoms with Crippen LogP contribution in [0.3, 0.4) is 0 Å². The van der Waals surface area contributed by atoms with Crippen LogP contribution < -0.4 is 0 Å². The summed E-state index contributed by atoms with van der Waals surface area (Å²) >= 11 is 0. The molecule has 0 spiro atoms. The molecule has 0 N–H and O–H groups in total. The van der Waals surface area contributed by atoms with Gasteiger partial charge in [0.15, 0.2) is 0 Å². The molecule has 0 aliphatic heterocycles. The van der Waals surface area contributed by atoms with E-state index >= 15 is 0 Å². The van der Waals surface area contributed by atoms with E-state index in [1.165, 1.54) is 12.8 Å². The van der Waals surface area contributed by atoms with Gasteiger partial charge < -0.3 is 14.2 Å². The van der Waals surface area contributed by atoms with E-state index in [1.807, 2.05) is 26.0 Å².